The van der Waals surface area contributed by atoms with Crippen molar-refractivity contribution in [1.82, 2.24) is 10.2 Å². The van der Waals surface area contributed by atoms with Gasteiger partial charge in [-0.05, 0) is 51.6 Å². The van der Waals surface area contributed by atoms with E-state index in [-0.39, 0.29) is 0 Å². The first-order chi connectivity index (χ1) is 7.08. The molecule has 1 saturated heterocycles. The summed E-state index contributed by atoms with van der Waals surface area (Å²) in [6, 6.07) is 0.799. The fourth-order valence-corrected chi connectivity index (χ4v) is 2.36. The number of rotatable bonds is 5. The van der Waals surface area contributed by atoms with Gasteiger partial charge in [0.25, 0.3) is 0 Å². The molecule has 1 aliphatic carbocycles. The highest BCUT2D eigenvalue weighted by Crippen LogP contribution is 2.28. The quantitative estimate of drug-likeness (QED) is 0.697. The summed E-state index contributed by atoms with van der Waals surface area (Å²) in [5.74, 6) is 0. The highest BCUT2D eigenvalue weighted by molar-refractivity contribution is 5.05. The topological polar surface area (TPSA) is 15.3 Å². The fourth-order valence-electron chi connectivity index (χ4n) is 2.36. The van der Waals surface area contributed by atoms with Crippen molar-refractivity contribution in [3.63, 3.8) is 0 Å². The summed E-state index contributed by atoms with van der Waals surface area (Å²) in [7, 11) is 0. The smallest absolute Gasteiger partial charge is 0.0208 e. The number of hydrogen-bond acceptors (Lipinski definition) is 2. The van der Waals surface area contributed by atoms with Crippen LogP contribution in [0.15, 0.2) is 12.2 Å². The van der Waals surface area contributed by atoms with Crippen LogP contribution in [-0.2, 0) is 0 Å². The number of hydrogen-bond donors (Lipinski definition) is 1. The summed E-state index contributed by atoms with van der Waals surface area (Å²) in [6.07, 6.45) is 5.40. The summed E-state index contributed by atoms with van der Waals surface area (Å²) >= 11 is 0. The lowest BCUT2D eigenvalue weighted by atomic mass is 10.0. The maximum Gasteiger partial charge on any atom is 0.0208 e. The molecule has 0 aromatic rings. The molecule has 86 valence electrons. The zero-order chi connectivity index (χ0) is 10.9. The van der Waals surface area contributed by atoms with E-state index in [9.17, 15) is 0 Å². The molecule has 1 N–H and O–H groups in total. The van der Waals surface area contributed by atoms with Crippen molar-refractivity contribution >= 4 is 0 Å². The zero-order valence-corrected chi connectivity index (χ0v) is 10.2. The normalized spacial score (nSPS) is 25.7. The van der Waals surface area contributed by atoms with Gasteiger partial charge in [-0.3, -0.25) is 4.90 Å². The van der Waals surface area contributed by atoms with Gasteiger partial charge in [0.1, 0.15) is 0 Å². The molecule has 0 unspecified atom stereocenters. The van der Waals surface area contributed by atoms with Crippen LogP contribution in [0.4, 0.5) is 0 Å². The van der Waals surface area contributed by atoms with Crippen LogP contribution < -0.4 is 5.32 Å². The van der Waals surface area contributed by atoms with E-state index in [0.29, 0.717) is 5.54 Å². The van der Waals surface area contributed by atoms with Gasteiger partial charge in [-0.2, -0.15) is 0 Å². The third-order valence-electron chi connectivity index (χ3n) is 3.71. The second-order valence-corrected chi connectivity index (χ2v) is 5.74. The Bertz CT molecular complexity index is 241. The highest BCUT2D eigenvalue weighted by Gasteiger charge is 2.31. The molecule has 1 saturated carbocycles. The van der Waals surface area contributed by atoms with E-state index in [1.165, 1.54) is 37.8 Å². The predicted molar refractivity (Wildman–Crippen MR) is 65.1 cm³/mol. The molecule has 0 amide bonds. The lowest BCUT2D eigenvalue weighted by Crippen LogP contribution is -2.40. The van der Waals surface area contributed by atoms with Crippen molar-refractivity contribution in [3.8, 4) is 0 Å². The van der Waals surface area contributed by atoms with Crippen molar-refractivity contribution in [2.24, 2.45) is 0 Å². The molecule has 15 heavy (non-hydrogen) atoms. The molecule has 0 radical (unpaired) electrons. The number of likely N-dealkylation sites (tertiary alicyclic amines) is 1. The zero-order valence-electron chi connectivity index (χ0n) is 10.2. The van der Waals surface area contributed by atoms with E-state index < -0.39 is 0 Å². The first-order valence-corrected chi connectivity index (χ1v) is 6.23. The largest absolute Gasteiger partial charge is 0.310 e. The van der Waals surface area contributed by atoms with Gasteiger partial charge in [-0.25, -0.2) is 0 Å². The first kappa shape index (κ1) is 11.2. The van der Waals surface area contributed by atoms with E-state index >= 15 is 0 Å². The van der Waals surface area contributed by atoms with Crippen LogP contribution in [0.1, 0.15) is 39.5 Å². The van der Waals surface area contributed by atoms with Crippen molar-refractivity contribution in [2.75, 3.05) is 19.6 Å². The molecule has 0 aromatic heterocycles. The number of nitrogens with zero attached hydrogens (tertiary/aromatic N) is 1. The van der Waals surface area contributed by atoms with Crippen LogP contribution in [0.2, 0.25) is 0 Å². The summed E-state index contributed by atoms with van der Waals surface area (Å²) in [4.78, 5) is 2.57. The molecule has 2 fully saturated rings. The average molecular weight is 208 g/mol. The van der Waals surface area contributed by atoms with Gasteiger partial charge < -0.3 is 5.32 Å². The minimum atomic E-state index is 0.391. The van der Waals surface area contributed by atoms with Crippen LogP contribution in [-0.4, -0.2) is 36.1 Å². The third kappa shape index (κ3) is 3.05. The second-order valence-electron chi connectivity index (χ2n) is 5.74. The van der Waals surface area contributed by atoms with Crippen LogP contribution in [0.5, 0.6) is 0 Å². The Balaban J connectivity index is 1.72. The van der Waals surface area contributed by atoms with E-state index in [1.54, 1.807) is 0 Å². The Morgan fingerprint density at radius 2 is 2.20 bits per heavy atom. The van der Waals surface area contributed by atoms with Gasteiger partial charge >= 0.3 is 0 Å². The molecule has 0 atom stereocenters. The van der Waals surface area contributed by atoms with Crippen molar-refractivity contribution in [2.45, 2.75) is 51.1 Å². The maximum atomic E-state index is 4.18. The molecule has 1 aliphatic heterocycles. The SMILES string of the molecule is C=C(CNC1CC1)CN1CCCC1(C)C. The summed E-state index contributed by atoms with van der Waals surface area (Å²) < 4.78 is 0. The van der Waals surface area contributed by atoms with Gasteiger partial charge in [0, 0.05) is 24.7 Å². The van der Waals surface area contributed by atoms with Crippen LogP contribution >= 0.6 is 0 Å². The Kier molecular flexibility index (Phi) is 3.17. The molecule has 2 aliphatic rings. The molecular weight excluding hydrogens is 184 g/mol. The lowest BCUT2D eigenvalue weighted by molar-refractivity contribution is 0.189. The van der Waals surface area contributed by atoms with Crippen molar-refractivity contribution < 1.29 is 0 Å². The van der Waals surface area contributed by atoms with Gasteiger partial charge in [0.05, 0.1) is 0 Å². The third-order valence-corrected chi connectivity index (χ3v) is 3.71. The summed E-state index contributed by atoms with van der Waals surface area (Å²) in [6.45, 7) is 12.2. The standard InChI is InChI=1S/C13H24N2/c1-11(9-14-12-5-6-12)10-15-8-4-7-13(15,2)3/h12,14H,1,4-10H2,2-3H3. The summed E-state index contributed by atoms with van der Waals surface area (Å²) in [5.41, 5.74) is 1.74. The van der Waals surface area contributed by atoms with E-state index in [4.69, 9.17) is 0 Å². The van der Waals surface area contributed by atoms with Gasteiger partial charge in [-0.15, -0.1) is 0 Å². The second kappa shape index (κ2) is 4.26. The van der Waals surface area contributed by atoms with Gasteiger partial charge in [-0.1, -0.05) is 6.58 Å². The molecule has 0 bridgehead atoms. The molecular formula is C13H24N2. The molecule has 2 heteroatoms. The Morgan fingerprint density at radius 1 is 1.47 bits per heavy atom. The van der Waals surface area contributed by atoms with Gasteiger partial charge in [0.2, 0.25) is 0 Å². The Labute approximate surface area is 93.7 Å². The van der Waals surface area contributed by atoms with E-state index in [2.05, 4.69) is 30.6 Å². The highest BCUT2D eigenvalue weighted by atomic mass is 15.2. The lowest BCUT2D eigenvalue weighted by Gasteiger charge is -2.32. The Morgan fingerprint density at radius 3 is 2.73 bits per heavy atom. The minimum absolute atomic E-state index is 0.391. The predicted octanol–water partition coefficient (Wildman–Crippen LogP) is 2.17. The van der Waals surface area contributed by atoms with Crippen LogP contribution in [0.25, 0.3) is 0 Å². The molecule has 0 spiro atoms. The number of nitrogens with one attached hydrogen (secondary N) is 1. The van der Waals surface area contributed by atoms with Crippen LogP contribution in [0, 0.1) is 0 Å². The first-order valence-electron chi connectivity index (χ1n) is 6.23. The monoisotopic (exact) mass is 208 g/mol. The molecule has 2 rings (SSSR count). The summed E-state index contributed by atoms with van der Waals surface area (Å²) in [5, 5.41) is 3.53. The molecule has 0 aromatic carbocycles. The van der Waals surface area contributed by atoms with Crippen molar-refractivity contribution in [1.29, 1.82) is 0 Å². The fraction of sp³-hybridized carbons (Fsp3) is 0.846. The van der Waals surface area contributed by atoms with Crippen LogP contribution in [0.3, 0.4) is 0 Å². The van der Waals surface area contributed by atoms with Crippen molar-refractivity contribution in [3.05, 3.63) is 12.2 Å². The van der Waals surface area contributed by atoms with E-state index in [0.717, 1.165) is 19.1 Å². The van der Waals surface area contributed by atoms with Gasteiger partial charge in [0.15, 0.2) is 0 Å². The maximum absolute atomic E-state index is 4.18. The molecule has 1 heterocycles. The average Bonchev–Trinajstić information content (AvgIpc) is 2.91. The minimum Gasteiger partial charge on any atom is -0.310 e. The Hall–Kier alpha value is -0.340. The molecule has 2 nitrogen and oxygen atoms in total. The van der Waals surface area contributed by atoms with E-state index in [1.807, 2.05) is 0 Å².